The lowest BCUT2D eigenvalue weighted by Crippen LogP contribution is -2.45. The van der Waals surface area contributed by atoms with Gasteiger partial charge in [-0.1, -0.05) is 55.3 Å². The van der Waals surface area contributed by atoms with Gasteiger partial charge in [-0.15, -0.1) is 0 Å². The van der Waals surface area contributed by atoms with Gasteiger partial charge in [0.15, 0.2) is 0 Å². The molecule has 196 valence electrons. The van der Waals surface area contributed by atoms with Gasteiger partial charge in [0.25, 0.3) is 0 Å². The fourth-order valence-electron chi connectivity index (χ4n) is 3.42. The molecule has 1 amide bonds. The van der Waals surface area contributed by atoms with Crippen molar-refractivity contribution < 1.29 is 27.5 Å². The Kier molecular flexibility index (Phi) is 10.1. The third kappa shape index (κ3) is 8.04. The van der Waals surface area contributed by atoms with Crippen molar-refractivity contribution in [3.05, 3.63) is 88.9 Å². The van der Waals surface area contributed by atoms with Crippen LogP contribution in [0, 0.1) is 0 Å². The molecule has 0 spiro atoms. The fraction of sp³-hybridized carbons (Fsp3) is 0.259. The Labute approximate surface area is 222 Å². The Balaban J connectivity index is 1.78. The number of benzene rings is 3. The summed E-state index contributed by atoms with van der Waals surface area (Å²) in [5.74, 6) is -0.679. The second-order valence-corrected chi connectivity index (χ2v) is 10.3. The van der Waals surface area contributed by atoms with Crippen molar-refractivity contribution in [3.63, 3.8) is 0 Å². The number of rotatable bonds is 12. The van der Waals surface area contributed by atoms with Crippen LogP contribution < -0.4 is 14.8 Å². The van der Waals surface area contributed by atoms with Gasteiger partial charge in [0.1, 0.15) is 11.8 Å². The lowest BCUT2D eigenvalue weighted by Gasteiger charge is -2.19. The summed E-state index contributed by atoms with van der Waals surface area (Å²) in [4.78, 5) is 25.2. The number of carbonyl (C=O) groups is 2. The van der Waals surface area contributed by atoms with Crippen molar-refractivity contribution in [3.8, 4) is 5.75 Å². The molecule has 10 heteroatoms. The van der Waals surface area contributed by atoms with Crippen molar-refractivity contribution in [2.75, 3.05) is 19.0 Å². The molecule has 2 N–H and O–H groups in total. The largest absolute Gasteiger partial charge is 0.495 e. The van der Waals surface area contributed by atoms with Gasteiger partial charge in [0.2, 0.25) is 15.9 Å². The van der Waals surface area contributed by atoms with E-state index in [0.29, 0.717) is 23.6 Å². The van der Waals surface area contributed by atoms with E-state index in [1.165, 1.54) is 25.3 Å². The molecule has 0 fully saturated rings. The van der Waals surface area contributed by atoms with Gasteiger partial charge in [0, 0.05) is 5.69 Å². The second kappa shape index (κ2) is 13.2. The summed E-state index contributed by atoms with van der Waals surface area (Å²) < 4.78 is 39.0. The first-order valence-corrected chi connectivity index (χ1v) is 13.6. The van der Waals surface area contributed by atoms with Gasteiger partial charge in [-0.2, -0.15) is 4.72 Å². The van der Waals surface area contributed by atoms with E-state index in [9.17, 15) is 18.0 Å². The third-order valence-corrected chi connectivity index (χ3v) is 7.21. The number of ether oxygens (including phenoxy) is 2. The van der Waals surface area contributed by atoms with E-state index in [0.717, 1.165) is 18.4 Å². The van der Waals surface area contributed by atoms with Crippen molar-refractivity contribution in [2.45, 2.75) is 37.1 Å². The number of sulfonamides is 1. The third-order valence-electron chi connectivity index (χ3n) is 5.45. The monoisotopic (exact) mass is 544 g/mol. The molecule has 3 aromatic rings. The van der Waals surface area contributed by atoms with Crippen molar-refractivity contribution in [1.29, 1.82) is 0 Å². The van der Waals surface area contributed by atoms with Crippen LogP contribution in [0.2, 0.25) is 5.02 Å². The summed E-state index contributed by atoms with van der Waals surface area (Å²) in [5.41, 5.74) is 1.52. The average Bonchev–Trinajstić information content (AvgIpc) is 2.89. The normalized spacial score (nSPS) is 12.0. The van der Waals surface area contributed by atoms with E-state index in [1.54, 1.807) is 48.5 Å². The lowest BCUT2D eigenvalue weighted by molar-refractivity contribution is -0.117. The first kappa shape index (κ1) is 28.2. The highest BCUT2D eigenvalue weighted by Gasteiger charge is 2.27. The number of methoxy groups -OCH3 is 1. The van der Waals surface area contributed by atoms with Crippen molar-refractivity contribution in [2.24, 2.45) is 0 Å². The number of amides is 1. The molecule has 0 aliphatic carbocycles. The topological polar surface area (TPSA) is 111 Å². The maximum absolute atomic E-state index is 13.2. The van der Waals surface area contributed by atoms with Crippen molar-refractivity contribution in [1.82, 2.24) is 4.72 Å². The fourth-order valence-corrected chi connectivity index (χ4v) is 4.96. The molecule has 1 unspecified atom stereocenters. The predicted octanol–water partition coefficient (Wildman–Crippen LogP) is 4.83. The molecule has 3 aromatic carbocycles. The van der Waals surface area contributed by atoms with E-state index >= 15 is 0 Å². The highest BCUT2D eigenvalue weighted by Crippen LogP contribution is 2.27. The molecule has 1 atom stereocenters. The molecule has 0 aliphatic rings. The molecule has 3 rings (SSSR count). The highest BCUT2D eigenvalue weighted by atomic mass is 35.5. The number of esters is 1. The summed E-state index contributed by atoms with van der Waals surface area (Å²) in [5, 5.41) is 2.85. The van der Waals surface area contributed by atoms with Crippen molar-refractivity contribution >= 4 is 39.2 Å². The van der Waals surface area contributed by atoms with E-state index in [1.807, 2.05) is 13.0 Å². The molecule has 0 radical (unpaired) electrons. The molecule has 0 heterocycles. The summed E-state index contributed by atoms with van der Waals surface area (Å²) in [6, 6.07) is 18.2. The standard InChI is InChI=1S/C27H29ClN2O6S/c1-3-4-16-36-27(32)20-10-12-21(13-11-20)29-26(31)24(17-19-8-6-5-7-9-19)30-37(33,34)22-14-15-25(35-2)23(28)18-22/h5-15,18,24,30H,3-4,16-17H2,1-2H3,(H,29,31). The zero-order valence-corrected chi connectivity index (χ0v) is 22.1. The van der Waals surface area contributed by atoms with Gasteiger partial charge in [-0.25, -0.2) is 13.2 Å². The highest BCUT2D eigenvalue weighted by molar-refractivity contribution is 7.89. The zero-order valence-electron chi connectivity index (χ0n) is 20.6. The molecule has 0 saturated carbocycles. The van der Waals surface area contributed by atoms with E-state index in [-0.39, 0.29) is 16.3 Å². The molecule has 37 heavy (non-hydrogen) atoms. The minimum Gasteiger partial charge on any atom is -0.495 e. The number of unbranched alkanes of at least 4 members (excludes halogenated alkanes) is 1. The van der Waals surface area contributed by atoms with Crippen LogP contribution in [0.1, 0.15) is 35.7 Å². The van der Waals surface area contributed by atoms with Crippen LogP contribution in [0.25, 0.3) is 0 Å². The number of anilines is 1. The van der Waals surface area contributed by atoms with Crippen LogP contribution in [0.4, 0.5) is 5.69 Å². The summed E-state index contributed by atoms with van der Waals surface area (Å²) in [7, 11) is -2.68. The quantitative estimate of drug-likeness (QED) is 0.249. The van der Waals surface area contributed by atoms with Crippen LogP contribution in [0.15, 0.2) is 77.7 Å². The number of nitrogens with one attached hydrogen (secondary N) is 2. The summed E-state index contributed by atoms with van der Waals surface area (Å²) in [6.45, 7) is 2.34. The number of halogens is 1. The van der Waals surface area contributed by atoms with Crippen LogP contribution >= 0.6 is 11.6 Å². The van der Waals surface area contributed by atoms with Crippen LogP contribution in [-0.2, 0) is 26.0 Å². The Morgan fingerprint density at radius 3 is 2.32 bits per heavy atom. The minimum atomic E-state index is -4.11. The maximum atomic E-state index is 13.2. The molecule has 0 saturated heterocycles. The minimum absolute atomic E-state index is 0.102. The Morgan fingerprint density at radius 2 is 1.70 bits per heavy atom. The predicted molar refractivity (Wildman–Crippen MR) is 143 cm³/mol. The molecule has 0 aromatic heterocycles. The van der Waals surface area contributed by atoms with E-state index < -0.39 is 27.9 Å². The molecule has 8 nitrogen and oxygen atoms in total. The number of carbonyl (C=O) groups excluding carboxylic acids is 2. The van der Waals surface area contributed by atoms with Crippen LogP contribution in [-0.4, -0.2) is 40.1 Å². The van der Waals surface area contributed by atoms with Gasteiger partial charge < -0.3 is 14.8 Å². The molecule has 0 aliphatic heterocycles. The van der Waals surface area contributed by atoms with Gasteiger partial charge in [-0.05, 0) is 60.9 Å². The Hall–Kier alpha value is -3.40. The maximum Gasteiger partial charge on any atom is 0.338 e. The van der Waals surface area contributed by atoms with E-state index in [4.69, 9.17) is 21.1 Å². The van der Waals surface area contributed by atoms with E-state index in [2.05, 4.69) is 10.0 Å². The average molecular weight is 545 g/mol. The van der Waals surface area contributed by atoms with Crippen LogP contribution in [0.3, 0.4) is 0 Å². The summed E-state index contributed by atoms with van der Waals surface area (Å²) in [6.07, 6.45) is 1.80. The number of hydrogen-bond acceptors (Lipinski definition) is 6. The smallest absolute Gasteiger partial charge is 0.338 e. The Bertz CT molecular complexity index is 1310. The first-order chi connectivity index (χ1) is 17.7. The van der Waals surface area contributed by atoms with Gasteiger partial charge in [-0.3, -0.25) is 4.79 Å². The number of hydrogen-bond donors (Lipinski definition) is 2. The molecule has 0 bridgehead atoms. The zero-order chi connectivity index (χ0) is 26.8. The molecular weight excluding hydrogens is 516 g/mol. The Morgan fingerprint density at radius 1 is 1.00 bits per heavy atom. The summed E-state index contributed by atoms with van der Waals surface area (Å²) >= 11 is 6.11. The second-order valence-electron chi connectivity index (χ2n) is 8.22. The lowest BCUT2D eigenvalue weighted by atomic mass is 10.1. The van der Waals surface area contributed by atoms with Gasteiger partial charge >= 0.3 is 5.97 Å². The van der Waals surface area contributed by atoms with Crippen LogP contribution in [0.5, 0.6) is 5.75 Å². The van der Waals surface area contributed by atoms with Gasteiger partial charge in [0.05, 0.1) is 29.2 Å². The SMILES string of the molecule is CCCCOC(=O)c1ccc(NC(=O)C(Cc2ccccc2)NS(=O)(=O)c2ccc(OC)c(Cl)c2)cc1. The first-order valence-electron chi connectivity index (χ1n) is 11.7. The molecular formula is C27H29ClN2O6S.